The third-order valence-electron chi connectivity index (χ3n) is 9.43. The van der Waals surface area contributed by atoms with Crippen LogP contribution in [0, 0.1) is 0 Å². The molecule has 234 valence electrons. The lowest BCUT2D eigenvalue weighted by Crippen LogP contribution is -2.33. The van der Waals surface area contributed by atoms with Gasteiger partial charge in [0.1, 0.15) is 5.75 Å². The van der Waals surface area contributed by atoms with E-state index in [1.54, 1.807) is 12.1 Å². The summed E-state index contributed by atoms with van der Waals surface area (Å²) in [5.74, 6) is 0.221. The average Bonchev–Trinajstić information content (AvgIpc) is 3.98. The molecule has 8 bridgehead atoms. The van der Waals surface area contributed by atoms with E-state index >= 15 is 0 Å². The molecule has 0 fully saturated rings. The monoisotopic (exact) mass is 632 g/mol. The molecule has 3 N–H and O–H groups in total. The molecule has 5 aromatic rings. The Morgan fingerprint density at radius 3 is 1.35 bits per heavy atom. The van der Waals surface area contributed by atoms with Crippen LogP contribution in [0.25, 0.3) is 22.3 Å². The Morgan fingerprint density at radius 1 is 0.449 bits per heavy atom. The van der Waals surface area contributed by atoms with Crippen molar-refractivity contribution in [3.8, 4) is 5.75 Å². The molecular weight excluding hydrogens is 601 g/mol. The summed E-state index contributed by atoms with van der Waals surface area (Å²) in [6.45, 7) is 0. The van der Waals surface area contributed by atoms with Gasteiger partial charge in [-0.3, -0.25) is 5.32 Å². The zero-order chi connectivity index (χ0) is 32.7. The molecule has 49 heavy (non-hydrogen) atoms. The van der Waals surface area contributed by atoms with Gasteiger partial charge in [-0.05, 0) is 70.8 Å². The van der Waals surface area contributed by atoms with Crippen molar-refractivity contribution < 1.29 is 5.11 Å². The van der Waals surface area contributed by atoms with Gasteiger partial charge >= 0.3 is 0 Å². The highest BCUT2D eigenvalue weighted by atomic mass is 16.3. The summed E-state index contributed by atoms with van der Waals surface area (Å²) in [5, 5.41) is 16.0. The molecule has 5 heteroatoms. The maximum atomic E-state index is 10.2. The van der Waals surface area contributed by atoms with Crippen LogP contribution in [-0.4, -0.2) is 33.6 Å². The molecule has 0 saturated carbocycles. The molecule has 5 nitrogen and oxygen atoms in total. The van der Waals surface area contributed by atoms with Crippen LogP contribution in [0.2, 0.25) is 0 Å². The van der Waals surface area contributed by atoms with Crippen molar-refractivity contribution in [2.75, 3.05) is 0 Å². The summed E-state index contributed by atoms with van der Waals surface area (Å²) in [7, 11) is 0. The third-order valence-corrected chi connectivity index (χ3v) is 9.43. The second kappa shape index (κ2) is 12.1. The highest BCUT2D eigenvalue weighted by molar-refractivity contribution is 6.31. The first-order valence-corrected chi connectivity index (χ1v) is 16.6. The van der Waals surface area contributed by atoms with Crippen LogP contribution in [0.5, 0.6) is 5.75 Å². The van der Waals surface area contributed by atoms with E-state index in [0.717, 1.165) is 78.1 Å². The minimum atomic E-state index is -0.0862. The molecule has 4 aliphatic heterocycles. The van der Waals surface area contributed by atoms with Crippen LogP contribution in [0.4, 0.5) is 0 Å². The maximum absolute atomic E-state index is 10.2. The van der Waals surface area contributed by atoms with Crippen LogP contribution >= 0.6 is 0 Å². The number of rotatable bonds is 4. The van der Waals surface area contributed by atoms with E-state index in [-0.39, 0.29) is 17.8 Å². The highest BCUT2D eigenvalue weighted by Gasteiger charge is 2.30. The van der Waals surface area contributed by atoms with Gasteiger partial charge in [-0.15, -0.1) is 0 Å². The number of phenolic OH excluding ortho intramolecular Hbond substituents is 1. The van der Waals surface area contributed by atoms with Crippen LogP contribution in [0.3, 0.4) is 0 Å². The highest BCUT2D eigenvalue weighted by Crippen LogP contribution is 2.36. The predicted molar refractivity (Wildman–Crippen MR) is 199 cm³/mol. The molecule has 0 radical (unpaired) electrons. The summed E-state index contributed by atoms with van der Waals surface area (Å²) in [5.41, 5.74) is 12.1. The minimum Gasteiger partial charge on any atom is -0.508 e. The number of nitrogens with zero attached hydrogens (tertiary/aromatic N) is 2. The SMILES string of the molecule is Oc1ccc(/C2=c3\cc/c([nH]3)=C(\c3ccccc3)C3=N/C(=C(/c4ccccc4)C4C=CC(N4)/C(c4ccccc4)=C4/C=CC2=N4)C=C3)cc1. The molecule has 1 aromatic heterocycles. The fraction of sp³-hybridized carbons (Fsp3) is 0.0455. The van der Waals surface area contributed by atoms with Gasteiger partial charge < -0.3 is 10.1 Å². The van der Waals surface area contributed by atoms with Crippen LogP contribution in [0.1, 0.15) is 22.3 Å². The number of aliphatic imine (C=N–C) groups is 2. The number of H-pyrrole nitrogens is 1. The lowest BCUT2D eigenvalue weighted by Gasteiger charge is -2.22. The standard InChI is InChI=1S/C44H32N4O/c49-32-18-16-31(17-19-32)44-39-26-24-37(47-39)42(29-12-6-2-7-13-29)35-22-20-33(45-35)41(28-10-4-1-5-11-28)34-21-23-36(46-34)43(30-14-8-3-9-15-30)38-25-27-40(44)48-38/h1-27,33,35,45,48-49H/b41-34-,42-37-,43-38-,44-40-. The Bertz CT molecular complexity index is 2440. The smallest absolute Gasteiger partial charge is 0.115 e. The molecule has 4 aliphatic rings. The van der Waals surface area contributed by atoms with Gasteiger partial charge in [-0.2, -0.15) is 0 Å². The second-order valence-electron chi connectivity index (χ2n) is 12.4. The first-order chi connectivity index (χ1) is 24.2. The van der Waals surface area contributed by atoms with E-state index in [4.69, 9.17) is 9.98 Å². The van der Waals surface area contributed by atoms with Gasteiger partial charge in [0, 0.05) is 33.0 Å². The number of allylic oxidation sites excluding steroid dienone is 4. The zero-order valence-corrected chi connectivity index (χ0v) is 26.6. The lowest BCUT2D eigenvalue weighted by atomic mass is 9.96. The van der Waals surface area contributed by atoms with Crippen molar-refractivity contribution in [2.45, 2.75) is 12.1 Å². The normalized spacial score (nSPS) is 24.7. The first kappa shape index (κ1) is 28.9. The molecule has 2 atom stereocenters. The zero-order valence-electron chi connectivity index (χ0n) is 26.6. The molecule has 0 spiro atoms. The quantitative estimate of drug-likeness (QED) is 0.189. The van der Waals surface area contributed by atoms with Gasteiger partial charge in [0.2, 0.25) is 0 Å². The van der Waals surface area contributed by atoms with E-state index < -0.39 is 0 Å². The molecule has 0 aliphatic carbocycles. The summed E-state index contributed by atoms with van der Waals surface area (Å²) in [6.07, 6.45) is 13.0. The van der Waals surface area contributed by atoms with Crippen molar-refractivity contribution in [3.05, 3.63) is 208 Å². The molecule has 2 unspecified atom stereocenters. The fourth-order valence-electron chi connectivity index (χ4n) is 7.20. The number of fused-ring (bicyclic) bond motifs is 6. The number of hydrogen-bond donors (Lipinski definition) is 3. The third kappa shape index (κ3) is 5.27. The number of benzene rings is 4. The Balaban J connectivity index is 1.38. The first-order valence-electron chi connectivity index (χ1n) is 16.6. The number of nitrogens with one attached hydrogen (secondary N) is 2. The number of aromatic nitrogens is 1. The molecule has 9 rings (SSSR count). The van der Waals surface area contributed by atoms with Gasteiger partial charge in [0.15, 0.2) is 0 Å². The topological polar surface area (TPSA) is 72.8 Å². The van der Waals surface area contributed by atoms with Gasteiger partial charge in [0.05, 0.1) is 34.9 Å². The Labute approximate surface area is 284 Å². The van der Waals surface area contributed by atoms with Crippen molar-refractivity contribution in [3.63, 3.8) is 0 Å². The van der Waals surface area contributed by atoms with E-state index in [9.17, 15) is 5.11 Å². The molecule has 4 aromatic carbocycles. The average molecular weight is 633 g/mol. The van der Waals surface area contributed by atoms with Crippen molar-refractivity contribution in [1.82, 2.24) is 10.3 Å². The fourth-order valence-corrected chi connectivity index (χ4v) is 7.20. The summed E-state index contributed by atoms with van der Waals surface area (Å²) >= 11 is 0. The van der Waals surface area contributed by atoms with E-state index in [1.807, 2.05) is 24.3 Å². The van der Waals surface area contributed by atoms with Crippen molar-refractivity contribution in [1.29, 1.82) is 0 Å². The lowest BCUT2D eigenvalue weighted by molar-refractivity contribution is 0.475. The van der Waals surface area contributed by atoms with Gasteiger partial charge in [-0.1, -0.05) is 115 Å². The van der Waals surface area contributed by atoms with Crippen LogP contribution < -0.4 is 16.0 Å². The molecule has 5 heterocycles. The van der Waals surface area contributed by atoms with E-state index in [2.05, 4.69) is 138 Å². The molecule has 0 saturated heterocycles. The van der Waals surface area contributed by atoms with Crippen molar-refractivity contribution >= 4 is 33.7 Å². The van der Waals surface area contributed by atoms with Gasteiger partial charge in [-0.25, -0.2) is 9.98 Å². The molecular formula is C44H32N4O. The van der Waals surface area contributed by atoms with E-state index in [1.165, 1.54) is 0 Å². The summed E-state index contributed by atoms with van der Waals surface area (Å²) < 4.78 is 0. The summed E-state index contributed by atoms with van der Waals surface area (Å²) in [6, 6.07) is 42.9. The van der Waals surface area contributed by atoms with Crippen LogP contribution in [0.15, 0.2) is 185 Å². The number of aromatic amines is 1. The largest absolute Gasteiger partial charge is 0.508 e. The molecule has 0 amide bonds. The predicted octanol–water partition coefficient (Wildman–Crippen LogP) is 6.87. The Kier molecular flexibility index (Phi) is 7.11. The van der Waals surface area contributed by atoms with Crippen molar-refractivity contribution in [2.24, 2.45) is 9.98 Å². The maximum Gasteiger partial charge on any atom is 0.115 e. The number of phenols is 1. The minimum absolute atomic E-state index is 0.0763. The Hall–Kier alpha value is -6.30. The Morgan fingerprint density at radius 2 is 0.878 bits per heavy atom. The second-order valence-corrected chi connectivity index (χ2v) is 12.4. The number of aromatic hydroxyl groups is 1. The van der Waals surface area contributed by atoms with Gasteiger partial charge in [0.25, 0.3) is 0 Å². The van der Waals surface area contributed by atoms with E-state index in [0.29, 0.717) is 0 Å². The number of hydrogen-bond acceptors (Lipinski definition) is 4. The van der Waals surface area contributed by atoms with Crippen LogP contribution in [-0.2, 0) is 0 Å². The summed E-state index contributed by atoms with van der Waals surface area (Å²) in [4.78, 5) is 14.5.